The Bertz CT molecular complexity index is 1770. The van der Waals surface area contributed by atoms with Gasteiger partial charge in [0.1, 0.15) is 12.6 Å². The molecule has 51 heavy (non-hydrogen) atoms. The van der Waals surface area contributed by atoms with Crippen LogP contribution >= 0.6 is 0 Å². The number of nitroso groups, excluding NO2 is 1. The van der Waals surface area contributed by atoms with Crippen LogP contribution in [0.5, 0.6) is 0 Å². The van der Waals surface area contributed by atoms with Gasteiger partial charge in [-0.25, -0.2) is 13.2 Å². The van der Waals surface area contributed by atoms with E-state index in [1.54, 1.807) is 12.1 Å². The van der Waals surface area contributed by atoms with E-state index < -0.39 is 39.0 Å². The van der Waals surface area contributed by atoms with Gasteiger partial charge in [-0.15, -0.1) is 0 Å². The number of non-ortho nitro benzene ring substituents is 1. The Kier molecular flexibility index (Phi) is 13.4. The van der Waals surface area contributed by atoms with Crippen molar-refractivity contribution in [2.45, 2.75) is 70.3 Å². The number of sulfonamides is 1. The predicted molar refractivity (Wildman–Crippen MR) is 192 cm³/mol. The zero-order chi connectivity index (χ0) is 37.3. The first-order chi connectivity index (χ1) is 24.2. The molecule has 0 aliphatic carbocycles. The zero-order valence-corrected chi connectivity index (χ0v) is 30.1. The van der Waals surface area contributed by atoms with E-state index in [9.17, 15) is 38.1 Å². The van der Waals surface area contributed by atoms with Crippen molar-refractivity contribution in [1.29, 1.82) is 0 Å². The van der Waals surface area contributed by atoms with Crippen molar-refractivity contribution in [3.8, 4) is 0 Å². The molecule has 15 heteroatoms. The van der Waals surface area contributed by atoms with Crippen LogP contribution in [0.1, 0.15) is 44.4 Å². The second-order valence-electron chi connectivity index (χ2n) is 13.5. The number of amides is 3. The largest absolute Gasteiger partial charge is 0.390 e. The summed E-state index contributed by atoms with van der Waals surface area (Å²) in [5.74, 6) is -0.909. The van der Waals surface area contributed by atoms with Crippen LogP contribution in [-0.4, -0.2) is 88.9 Å². The number of hydrogen-bond donors (Lipinski definition) is 2. The third-order valence-electron chi connectivity index (χ3n) is 8.72. The lowest BCUT2D eigenvalue weighted by Crippen LogP contribution is -2.57. The Labute approximate surface area is 298 Å². The third-order valence-corrected chi connectivity index (χ3v) is 10.6. The van der Waals surface area contributed by atoms with Gasteiger partial charge in [0.05, 0.1) is 22.0 Å². The zero-order valence-electron chi connectivity index (χ0n) is 29.3. The van der Waals surface area contributed by atoms with Gasteiger partial charge in [-0.1, -0.05) is 87.5 Å². The van der Waals surface area contributed by atoms with E-state index >= 15 is 0 Å². The number of nitro benzene ring substituents is 1. The summed E-state index contributed by atoms with van der Waals surface area (Å²) < 4.78 is 28.9. The van der Waals surface area contributed by atoms with Crippen molar-refractivity contribution < 1.29 is 28.0 Å². The van der Waals surface area contributed by atoms with Gasteiger partial charge in [-0.3, -0.25) is 14.9 Å². The molecule has 3 aromatic carbocycles. The molecule has 3 aromatic rings. The standard InChI is InChI=1S/C36H46N6O8S/c1-25(2)22-40(51(49,50)31-15-13-28(14-16-31)21-37-46)24-33(43)32(20-27-9-6-5-7-10-27)38-35(44)34(26(3)4)41-18-17-39(36(41)45)23-29-11-8-12-30(19-29)42(47)48/h5-16,19,25-26,32-34,43H,17-18,20-24H2,1-4H3,(H,38,44)/t32-,33+,34-/m0/s1. The average Bonchev–Trinajstić information content (AvgIpc) is 3.43. The highest BCUT2D eigenvalue weighted by Gasteiger charge is 2.40. The molecule has 1 saturated heterocycles. The summed E-state index contributed by atoms with van der Waals surface area (Å²) >= 11 is 0. The van der Waals surface area contributed by atoms with Crippen LogP contribution in [0.15, 0.2) is 88.9 Å². The minimum absolute atomic E-state index is 0.00396. The van der Waals surface area contributed by atoms with Crippen molar-refractivity contribution in [3.05, 3.63) is 111 Å². The van der Waals surface area contributed by atoms with E-state index in [-0.39, 0.29) is 67.6 Å². The maximum atomic E-state index is 14.1. The number of aliphatic hydroxyl groups is 1. The van der Waals surface area contributed by atoms with Crippen LogP contribution in [-0.2, 0) is 34.3 Å². The van der Waals surface area contributed by atoms with Gasteiger partial charge < -0.3 is 20.2 Å². The minimum atomic E-state index is -4.09. The molecule has 1 fully saturated rings. The molecule has 4 rings (SSSR count). The number of aliphatic hydroxyl groups excluding tert-OH is 1. The highest BCUT2D eigenvalue weighted by molar-refractivity contribution is 7.89. The number of hydrogen-bond acceptors (Lipinski definition) is 9. The van der Waals surface area contributed by atoms with Crippen LogP contribution in [0.3, 0.4) is 0 Å². The van der Waals surface area contributed by atoms with Gasteiger partial charge in [0.25, 0.3) is 5.69 Å². The van der Waals surface area contributed by atoms with Crippen LogP contribution in [0.4, 0.5) is 10.5 Å². The summed E-state index contributed by atoms with van der Waals surface area (Å²) in [6.07, 6.45) is -1.15. The molecule has 0 bridgehead atoms. The van der Waals surface area contributed by atoms with Crippen molar-refractivity contribution >= 4 is 27.6 Å². The number of carbonyl (C=O) groups is 2. The molecule has 0 saturated carbocycles. The van der Waals surface area contributed by atoms with Crippen molar-refractivity contribution in [1.82, 2.24) is 19.4 Å². The summed E-state index contributed by atoms with van der Waals surface area (Å²) in [6.45, 7) is 7.73. The number of rotatable bonds is 18. The van der Waals surface area contributed by atoms with E-state index in [4.69, 9.17) is 0 Å². The first kappa shape index (κ1) is 39.1. The van der Waals surface area contributed by atoms with Gasteiger partial charge in [-0.2, -0.15) is 9.21 Å². The summed E-state index contributed by atoms with van der Waals surface area (Å²) in [5, 5.41) is 28.8. The van der Waals surface area contributed by atoms with Crippen LogP contribution < -0.4 is 5.32 Å². The maximum Gasteiger partial charge on any atom is 0.321 e. The topological polar surface area (TPSA) is 183 Å². The maximum absolute atomic E-state index is 14.1. The van der Waals surface area contributed by atoms with Crippen molar-refractivity contribution in [2.24, 2.45) is 17.0 Å². The highest BCUT2D eigenvalue weighted by Crippen LogP contribution is 2.24. The van der Waals surface area contributed by atoms with Gasteiger partial charge in [0, 0.05) is 44.9 Å². The van der Waals surface area contributed by atoms with E-state index in [0.29, 0.717) is 17.7 Å². The number of carbonyl (C=O) groups excluding carboxylic acids is 2. The average molecular weight is 723 g/mol. The predicted octanol–water partition coefficient (Wildman–Crippen LogP) is 4.56. The number of nitrogens with zero attached hydrogens (tertiary/aromatic N) is 5. The minimum Gasteiger partial charge on any atom is -0.390 e. The van der Waals surface area contributed by atoms with E-state index in [1.807, 2.05) is 58.0 Å². The van der Waals surface area contributed by atoms with Crippen molar-refractivity contribution in [2.75, 3.05) is 26.2 Å². The molecule has 1 aliphatic rings. The molecule has 3 amide bonds. The second-order valence-corrected chi connectivity index (χ2v) is 15.5. The highest BCUT2D eigenvalue weighted by atomic mass is 32.2. The lowest BCUT2D eigenvalue weighted by atomic mass is 9.97. The van der Waals surface area contributed by atoms with Crippen LogP contribution in [0, 0.1) is 26.9 Å². The Balaban J connectivity index is 1.56. The molecule has 274 valence electrons. The first-order valence-corrected chi connectivity index (χ1v) is 18.3. The quantitative estimate of drug-likeness (QED) is 0.109. The lowest BCUT2D eigenvalue weighted by molar-refractivity contribution is -0.384. The summed E-state index contributed by atoms with van der Waals surface area (Å²) in [7, 11) is -4.09. The van der Waals surface area contributed by atoms with E-state index in [0.717, 1.165) is 5.56 Å². The third kappa shape index (κ3) is 10.2. The fraction of sp³-hybridized carbons (Fsp3) is 0.444. The van der Waals surface area contributed by atoms with Crippen LogP contribution in [0.2, 0.25) is 0 Å². The molecular formula is C36H46N6O8S. The molecule has 0 spiro atoms. The smallest absolute Gasteiger partial charge is 0.321 e. The number of urea groups is 1. The summed E-state index contributed by atoms with van der Waals surface area (Å²) in [4.78, 5) is 52.2. The SMILES string of the molecule is CC(C)CN(C[C@@H](O)[C@H](Cc1ccccc1)NC(=O)[C@H](C(C)C)N1CCN(Cc2cccc([N+](=O)[O-])c2)C1=O)S(=O)(=O)c1ccc(CN=O)cc1. The van der Waals surface area contributed by atoms with Gasteiger partial charge in [0.2, 0.25) is 15.9 Å². The van der Waals surface area contributed by atoms with E-state index in [1.165, 1.54) is 50.5 Å². The Morgan fingerprint density at radius 3 is 2.24 bits per heavy atom. The number of nitro groups is 1. The lowest BCUT2D eigenvalue weighted by Gasteiger charge is -2.34. The molecule has 0 radical (unpaired) electrons. The van der Waals surface area contributed by atoms with Crippen molar-refractivity contribution in [3.63, 3.8) is 0 Å². The summed E-state index contributed by atoms with van der Waals surface area (Å²) in [5.41, 5.74) is 1.88. The Morgan fingerprint density at radius 1 is 0.961 bits per heavy atom. The Morgan fingerprint density at radius 2 is 1.63 bits per heavy atom. The molecule has 14 nitrogen and oxygen atoms in total. The normalized spacial score (nSPS) is 15.3. The molecule has 2 N–H and O–H groups in total. The molecule has 0 unspecified atom stereocenters. The van der Waals surface area contributed by atoms with Gasteiger partial charge in [0.15, 0.2) is 0 Å². The Hall–Kier alpha value is -4.73. The second kappa shape index (κ2) is 17.5. The summed E-state index contributed by atoms with van der Waals surface area (Å²) in [6, 6.07) is 18.9. The molecule has 3 atom stereocenters. The first-order valence-electron chi connectivity index (χ1n) is 16.9. The number of nitrogens with one attached hydrogen (secondary N) is 1. The number of benzene rings is 3. The van der Waals surface area contributed by atoms with E-state index in [2.05, 4.69) is 10.5 Å². The monoisotopic (exact) mass is 722 g/mol. The van der Waals surface area contributed by atoms with Gasteiger partial charge in [-0.05, 0) is 47.1 Å². The van der Waals surface area contributed by atoms with Gasteiger partial charge >= 0.3 is 6.03 Å². The fourth-order valence-electron chi connectivity index (χ4n) is 6.22. The molecule has 1 heterocycles. The molecule has 0 aromatic heterocycles. The molecule has 1 aliphatic heterocycles. The fourth-order valence-corrected chi connectivity index (χ4v) is 7.84. The molecular weight excluding hydrogens is 676 g/mol. The van der Waals surface area contributed by atoms with Crippen LogP contribution in [0.25, 0.3) is 0 Å².